The summed E-state index contributed by atoms with van der Waals surface area (Å²) >= 11 is 6.27. The number of halogens is 4. The minimum atomic E-state index is -2.80. The minimum absolute atomic E-state index is 0.0651. The molecular weight excluding hydrogens is 497 g/mol. The highest BCUT2D eigenvalue weighted by Crippen LogP contribution is 2.53. The van der Waals surface area contributed by atoms with Crippen LogP contribution in [0.5, 0.6) is 0 Å². The zero-order chi connectivity index (χ0) is 25.2. The van der Waals surface area contributed by atoms with Crippen molar-refractivity contribution in [3.8, 4) is 0 Å². The van der Waals surface area contributed by atoms with Gasteiger partial charge in [-0.1, -0.05) is 11.6 Å². The summed E-state index contributed by atoms with van der Waals surface area (Å²) in [6, 6.07) is 2.65. The second kappa shape index (κ2) is 8.83. The van der Waals surface area contributed by atoms with E-state index in [2.05, 4.69) is 20.4 Å². The van der Waals surface area contributed by atoms with Gasteiger partial charge in [0, 0.05) is 30.5 Å². The third kappa shape index (κ3) is 4.21. The topological polar surface area (TPSA) is 88.3 Å². The van der Waals surface area contributed by atoms with Gasteiger partial charge in [-0.15, -0.1) is 0 Å². The number of hydrogen-bond donors (Lipinski definition) is 2. The van der Waals surface area contributed by atoms with Crippen LogP contribution in [0, 0.1) is 6.92 Å². The molecule has 2 saturated heterocycles. The molecule has 2 N–H and O–H groups in total. The molecule has 36 heavy (non-hydrogen) atoms. The lowest BCUT2D eigenvalue weighted by atomic mass is 9.84. The van der Waals surface area contributed by atoms with Crippen LogP contribution in [0.4, 0.5) is 24.8 Å². The molecule has 6 rings (SSSR count). The van der Waals surface area contributed by atoms with Gasteiger partial charge in [0.1, 0.15) is 12.2 Å². The number of nitrogens with one attached hydrogen (secondary N) is 1. The van der Waals surface area contributed by atoms with Gasteiger partial charge in [-0.3, -0.25) is 4.90 Å². The van der Waals surface area contributed by atoms with Gasteiger partial charge in [-0.25, -0.2) is 27.8 Å². The average Bonchev–Trinajstić information content (AvgIpc) is 3.12. The SMILES string of the molecule is Cc1cc2cnc(Nc3cnn(C4CC4(F)F)c3Cl)nc2cc1[C@H]1CCN(C2COC[C@@H]2O)C[C@@H]1F. The molecule has 1 saturated carbocycles. The van der Waals surface area contributed by atoms with Crippen LogP contribution < -0.4 is 5.32 Å². The van der Waals surface area contributed by atoms with Crippen LogP contribution in [-0.2, 0) is 4.74 Å². The van der Waals surface area contributed by atoms with Gasteiger partial charge in [0.05, 0.1) is 42.8 Å². The number of fused-ring (bicyclic) bond motifs is 1. The van der Waals surface area contributed by atoms with Crippen molar-refractivity contribution in [2.45, 2.75) is 56.0 Å². The van der Waals surface area contributed by atoms with Crippen LogP contribution in [0.3, 0.4) is 0 Å². The molecule has 2 aliphatic heterocycles. The first-order chi connectivity index (χ1) is 17.2. The second-order valence-electron chi connectivity index (χ2n) is 9.94. The maximum atomic E-state index is 15.4. The Bertz CT molecular complexity index is 1310. The number of anilines is 2. The number of ether oxygens (including phenoxy) is 1. The number of hydrogen-bond acceptors (Lipinski definition) is 7. The molecule has 4 heterocycles. The molecule has 3 aromatic rings. The summed E-state index contributed by atoms with van der Waals surface area (Å²) in [6.45, 7) is 3.59. The Hall–Kier alpha value is -2.47. The molecule has 8 nitrogen and oxygen atoms in total. The van der Waals surface area contributed by atoms with Crippen LogP contribution >= 0.6 is 11.6 Å². The van der Waals surface area contributed by atoms with Gasteiger partial charge < -0.3 is 15.2 Å². The Morgan fingerprint density at radius 1 is 1.25 bits per heavy atom. The molecule has 1 aliphatic carbocycles. The highest BCUT2D eigenvalue weighted by atomic mass is 35.5. The molecule has 2 aromatic heterocycles. The maximum absolute atomic E-state index is 15.4. The van der Waals surface area contributed by atoms with Crippen LogP contribution in [0.15, 0.2) is 24.5 Å². The predicted molar refractivity (Wildman–Crippen MR) is 128 cm³/mol. The van der Waals surface area contributed by atoms with E-state index in [-0.39, 0.29) is 36.0 Å². The summed E-state index contributed by atoms with van der Waals surface area (Å²) < 4.78 is 48.7. The normalized spacial score (nSPS) is 30.1. The summed E-state index contributed by atoms with van der Waals surface area (Å²) in [5.74, 6) is -2.84. The van der Waals surface area contributed by atoms with Crippen molar-refractivity contribution in [1.29, 1.82) is 0 Å². The molecule has 0 radical (unpaired) electrons. The molecule has 12 heteroatoms. The van der Waals surface area contributed by atoms with Crippen molar-refractivity contribution in [2.75, 3.05) is 31.6 Å². The van der Waals surface area contributed by atoms with E-state index in [9.17, 15) is 13.9 Å². The van der Waals surface area contributed by atoms with Crippen LogP contribution in [0.1, 0.15) is 35.9 Å². The fourth-order valence-electron chi connectivity index (χ4n) is 5.36. The Morgan fingerprint density at radius 3 is 2.75 bits per heavy atom. The van der Waals surface area contributed by atoms with Crippen LogP contribution in [0.2, 0.25) is 5.15 Å². The van der Waals surface area contributed by atoms with Crippen LogP contribution in [-0.4, -0.2) is 80.3 Å². The van der Waals surface area contributed by atoms with Gasteiger partial charge in [-0.05, 0) is 43.1 Å². The Kier molecular flexibility index (Phi) is 5.86. The van der Waals surface area contributed by atoms with E-state index in [1.165, 1.54) is 6.20 Å². The van der Waals surface area contributed by atoms with E-state index in [1.807, 2.05) is 24.0 Å². The van der Waals surface area contributed by atoms with E-state index in [1.54, 1.807) is 6.20 Å². The number of aryl methyl sites for hydroxylation is 1. The first kappa shape index (κ1) is 23.9. The van der Waals surface area contributed by atoms with Crippen molar-refractivity contribution in [1.82, 2.24) is 24.6 Å². The number of piperidine rings is 1. The Morgan fingerprint density at radius 2 is 2.06 bits per heavy atom. The third-order valence-corrected chi connectivity index (χ3v) is 7.88. The van der Waals surface area contributed by atoms with Gasteiger partial charge in [0.25, 0.3) is 5.92 Å². The molecule has 2 unspecified atom stereocenters. The first-order valence-corrected chi connectivity index (χ1v) is 12.4. The quantitative estimate of drug-likeness (QED) is 0.523. The van der Waals surface area contributed by atoms with Crippen LogP contribution in [0.25, 0.3) is 10.9 Å². The summed E-state index contributed by atoms with van der Waals surface area (Å²) in [7, 11) is 0. The van der Waals surface area contributed by atoms with E-state index >= 15 is 4.39 Å². The molecule has 3 aliphatic rings. The van der Waals surface area contributed by atoms with E-state index in [0.29, 0.717) is 37.4 Å². The van der Waals surface area contributed by atoms with Crippen molar-refractivity contribution in [2.24, 2.45) is 0 Å². The highest BCUT2D eigenvalue weighted by Gasteiger charge is 2.59. The smallest absolute Gasteiger partial charge is 0.272 e. The van der Waals surface area contributed by atoms with E-state index < -0.39 is 24.2 Å². The van der Waals surface area contributed by atoms with Crippen molar-refractivity contribution >= 4 is 34.1 Å². The molecule has 192 valence electrons. The van der Waals surface area contributed by atoms with Gasteiger partial charge in [-0.2, -0.15) is 5.10 Å². The molecule has 1 aromatic carbocycles. The van der Waals surface area contributed by atoms with Crippen molar-refractivity contribution in [3.63, 3.8) is 0 Å². The molecule has 0 amide bonds. The van der Waals surface area contributed by atoms with Gasteiger partial charge >= 0.3 is 0 Å². The largest absolute Gasteiger partial charge is 0.389 e. The number of likely N-dealkylation sites (tertiary alicyclic amines) is 1. The number of rotatable bonds is 5. The van der Waals surface area contributed by atoms with E-state index in [4.69, 9.17) is 16.3 Å². The van der Waals surface area contributed by atoms with Crippen molar-refractivity contribution in [3.05, 3.63) is 40.8 Å². The summed E-state index contributed by atoms with van der Waals surface area (Å²) in [4.78, 5) is 10.9. The lowest BCUT2D eigenvalue weighted by Crippen LogP contribution is -2.50. The second-order valence-corrected chi connectivity index (χ2v) is 10.3. The minimum Gasteiger partial charge on any atom is -0.389 e. The zero-order valence-electron chi connectivity index (χ0n) is 19.5. The lowest BCUT2D eigenvalue weighted by molar-refractivity contribution is 0.0352. The lowest BCUT2D eigenvalue weighted by Gasteiger charge is -2.39. The summed E-state index contributed by atoms with van der Waals surface area (Å²) in [5, 5.41) is 17.9. The highest BCUT2D eigenvalue weighted by molar-refractivity contribution is 6.32. The summed E-state index contributed by atoms with van der Waals surface area (Å²) in [6.07, 6.45) is 1.69. The predicted octanol–water partition coefficient (Wildman–Crippen LogP) is 4.00. The third-order valence-electron chi connectivity index (χ3n) is 7.50. The number of aliphatic hydroxyl groups is 1. The summed E-state index contributed by atoms with van der Waals surface area (Å²) in [5.41, 5.74) is 2.83. The molecule has 3 fully saturated rings. The first-order valence-electron chi connectivity index (χ1n) is 12.0. The fraction of sp³-hybridized carbons (Fsp3) is 0.542. The fourth-order valence-corrected chi connectivity index (χ4v) is 5.62. The molecule has 0 spiro atoms. The standard InChI is InChI=1S/C24H26ClF3N6O2/c1-12-4-13-7-29-23(32-18-8-30-34(22(18)25)21-6-24(21,27)28)31-17(13)5-15(12)14-2-3-33(9-16(14)26)19-10-36-11-20(19)35/h4-5,7-8,14,16,19-21,35H,2-3,6,9-11H2,1H3,(H,29,31,32)/t14-,16+,19?,20+,21?/m1/s1. The van der Waals surface area contributed by atoms with E-state index in [0.717, 1.165) is 21.2 Å². The Labute approximate surface area is 210 Å². The van der Waals surface area contributed by atoms with Crippen molar-refractivity contribution < 1.29 is 23.0 Å². The number of aliphatic hydroxyl groups excluding tert-OH is 1. The maximum Gasteiger partial charge on any atom is 0.272 e. The number of nitrogens with zero attached hydrogens (tertiary/aromatic N) is 5. The molecular formula is C24H26ClF3N6O2. The number of alkyl halides is 3. The monoisotopic (exact) mass is 522 g/mol. The molecule has 0 bridgehead atoms. The molecule has 5 atom stereocenters. The number of aromatic nitrogens is 4. The zero-order valence-corrected chi connectivity index (χ0v) is 20.3. The Balaban J connectivity index is 1.22. The number of benzene rings is 1. The van der Waals surface area contributed by atoms with Gasteiger partial charge in [0.15, 0.2) is 5.15 Å². The van der Waals surface area contributed by atoms with Gasteiger partial charge in [0.2, 0.25) is 5.95 Å². The average molecular weight is 523 g/mol.